The number of carbonyl (C=O) groups is 2. The molecule has 0 bridgehead atoms. The standard InChI is InChI=1S/C15H26N2O3/c1-2-10-8-12(13(9-10)15(19)20)14(18)17-7-3-6-16-11-4-5-11/h10-13,16H,2-9H2,1H3,(H,17,18)(H,19,20). The topological polar surface area (TPSA) is 78.4 Å². The van der Waals surface area contributed by atoms with Crippen molar-refractivity contribution in [1.29, 1.82) is 0 Å². The smallest absolute Gasteiger partial charge is 0.307 e. The Morgan fingerprint density at radius 2 is 1.85 bits per heavy atom. The molecule has 0 aliphatic heterocycles. The third kappa shape index (κ3) is 4.20. The molecule has 0 aromatic heterocycles. The van der Waals surface area contributed by atoms with Crippen LogP contribution in [-0.2, 0) is 9.59 Å². The molecule has 3 unspecified atom stereocenters. The quantitative estimate of drug-likeness (QED) is 0.588. The van der Waals surface area contributed by atoms with Gasteiger partial charge in [-0.05, 0) is 44.6 Å². The predicted molar refractivity (Wildman–Crippen MR) is 76.3 cm³/mol. The molecule has 3 atom stereocenters. The highest BCUT2D eigenvalue weighted by molar-refractivity contribution is 5.85. The van der Waals surface area contributed by atoms with Crippen LogP contribution in [0.15, 0.2) is 0 Å². The van der Waals surface area contributed by atoms with Gasteiger partial charge in [0.25, 0.3) is 0 Å². The molecule has 0 heterocycles. The highest BCUT2D eigenvalue weighted by atomic mass is 16.4. The van der Waals surface area contributed by atoms with E-state index in [9.17, 15) is 14.7 Å². The van der Waals surface area contributed by atoms with Crippen molar-refractivity contribution < 1.29 is 14.7 Å². The highest BCUT2D eigenvalue weighted by Gasteiger charge is 2.41. The summed E-state index contributed by atoms with van der Waals surface area (Å²) in [6, 6.07) is 0.697. The number of aliphatic carboxylic acids is 1. The average Bonchev–Trinajstić information content (AvgIpc) is 3.14. The van der Waals surface area contributed by atoms with E-state index in [2.05, 4.69) is 17.6 Å². The van der Waals surface area contributed by atoms with E-state index in [1.54, 1.807) is 0 Å². The minimum Gasteiger partial charge on any atom is -0.481 e. The molecule has 2 aliphatic rings. The normalized spacial score (nSPS) is 29.4. The van der Waals surface area contributed by atoms with Crippen LogP contribution in [0.1, 0.15) is 45.4 Å². The zero-order chi connectivity index (χ0) is 14.5. The summed E-state index contributed by atoms with van der Waals surface area (Å²) in [5.74, 6) is -1.35. The summed E-state index contributed by atoms with van der Waals surface area (Å²) < 4.78 is 0. The number of rotatable bonds is 8. The highest BCUT2D eigenvalue weighted by Crippen LogP contribution is 2.38. The van der Waals surface area contributed by atoms with Crippen LogP contribution in [0, 0.1) is 17.8 Å². The van der Waals surface area contributed by atoms with E-state index in [1.165, 1.54) is 12.8 Å². The number of hydrogen-bond donors (Lipinski definition) is 3. The Hall–Kier alpha value is -1.10. The average molecular weight is 282 g/mol. The Kier molecular flexibility index (Phi) is 5.40. The van der Waals surface area contributed by atoms with Crippen LogP contribution in [0.25, 0.3) is 0 Å². The van der Waals surface area contributed by atoms with Gasteiger partial charge in [0.1, 0.15) is 0 Å². The SMILES string of the molecule is CCC1CC(C(=O)O)C(C(=O)NCCCNC2CC2)C1. The van der Waals surface area contributed by atoms with E-state index in [4.69, 9.17) is 0 Å². The first-order valence-corrected chi connectivity index (χ1v) is 7.85. The number of hydrogen-bond acceptors (Lipinski definition) is 3. The molecule has 20 heavy (non-hydrogen) atoms. The van der Waals surface area contributed by atoms with Gasteiger partial charge in [-0.3, -0.25) is 9.59 Å². The van der Waals surface area contributed by atoms with Crippen molar-refractivity contribution in [3.05, 3.63) is 0 Å². The molecule has 2 saturated carbocycles. The minimum atomic E-state index is -0.823. The number of carboxylic acids is 1. The molecule has 2 rings (SSSR count). The molecule has 5 heteroatoms. The Balaban J connectivity index is 1.70. The van der Waals surface area contributed by atoms with E-state index in [-0.39, 0.29) is 11.8 Å². The monoisotopic (exact) mass is 282 g/mol. The molecular weight excluding hydrogens is 256 g/mol. The van der Waals surface area contributed by atoms with Crippen molar-refractivity contribution >= 4 is 11.9 Å². The van der Waals surface area contributed by atoms with Gasteiger partial charge in [0.15, 0.2) is 0 Å². The largest absolute Gasteiger partial charge is 0.481 e. The zero-order valence-electron chi connectivity index (χ0n) is 12.2. The van der Waals surface area contributed by atoms with Crippen molar-refractivity contribution in [3.8, 4) is 0 Å². The summed E-state index contributed by atoms with van der Waals surface area (Å²) in [6.45, 7) is 3.63. The summed E-state index contributed by atoms with van der Waals surface area (Å²) in [6.07, 6.45) is 5.77. The van der Waals surface area contributed by atoms with Gasteiger partial charge in [-0.25, -0.2) is 0 Å². The van der Waals surface area contributed by atoms with Crippen LogP contribution in [0.4, 0.5) is 0 Å². The fourth-order valence-electron chi connectivity index (χ4n) is 3.06. The maximum Gasteiger partial charge on any atom is 0.307 e. The predicted octanol–water partition coefficient (Wildman–Crippen LogP) is 1.38. The molecule has 5 nitrogen and oxygen atoms in total. The molecule has 2 fully saturated rings. The molecule has 3 N–H and O–H groups in total. The fraction of sp³-hybridized carbons (Fsp3) is 0.867. The minimum absolute atomic E-state index is 0.0697. The van der Waals surface area contributed by atoms with Gasteiger partial charge < -0.3 is 15.7 Å². The lowest BCUT2D eigenvalue weighted by molar-refractivity contribution is -0.146. The lowest BCUT2D eigenvalue weighted by Gasteiger charge is -2.15. The second-order valence-corrected chi connectivity index (χ2v) is 6.17. The van der Waals surface area contributed by atoms with Crippen molar-refractivity contribution in [3.63, 3.8) is 0 Å². The molecule has 0 aromatic carbocycles. The number of carbonyl (C=O) groups excluding carboxylic acids is 1. The molecule has 0 aromatic rings. The van der Waals surface area contributed by atoms with Gasteiger partial charge in [0.05, 0.1) is 11.8 Å². The van der Waals surface area contributed by atoms with Crippen molar-refractivity contribution in [2.75, 3.05) is 13.1 Å². The first-order chi connectivity index (χ1) is 9.61. The number of amides is 1. The van der Waals surface area contributed by atoms with E-state index in [0.717, 1.165) is 25.8 Å². The third-order valence-electron chi connectivity index (χ3n) is 4.55. The lowest BCUT2D eigenvalue weighted by Crippen LogP contribution is -2.36. The van der Waals surface area contributed by atoms with Gasteiger partial charge >= 0.3 is 5.97 Å². The van der Waals surface area contributed by atoms with Gasteiger partial charge in [-0.2, -0.15) is 0 Å². The fourth-order valence-corrected chi connectivity index (χ4v) is 3.06. The van der Waals surface area contributed by atoms with E-state index >= 15 is 0 Å². The summed E-state index contributed by atoms with van der Waals surface area (Å²) in [7, 11) is 0. The summed E-state index contributed by atoms with van der Waals surface area (Å²) in [4.78, 5) is 23.4. The third-order valence-corrected chi connectivity index (χ3v) is 4.55. The van der Waals surface area contributed by atoms with E-state index < -0.39 is 11.9 Å². The van der Waals surface area contributed by atoms with Crippen LogP contribution < -0.4 is 10.6 Å². The first kappa shape index (κ1) is 15.3. The molecule has 1 amide bonds. The van der Waals surface area contributed by atoms with Gasteiger partial charge in [-0.15, -0.1) is 0 Å². The van der Waals surface area contributed by atoms with Gasteiger partial charge in [0, 0.05) is 12.6 Å². The van der Waals surface area contributed by atoms with Crippen LogP contribution in [-0.4, -0.2) is 36.1 Å². The zero-order valence-corrected chi connectivity index (χ0v) is 12.2. The van der Waals surface area contributed by atoms with Crippen molar-refractivity contribution in [1.82, 2.24) is 10.6 Å². The molecular formula is C15H26N2O3. The molecule has 0 radical (unpaired) electrons. The molecule has 0 saturated heterocycles. The Morgan fingerprint density at radius 1 is 1.15 bits per heavy atom. The summed E-state index contributed by atoms with van der Waals surface area (Å²) >= 11 is 0. The second kappa shape index (κ2) is 7.07. The van der Waals surface area contributed by atoms with Gasteiger partial charge in [-0.1, -0.05) is 13.3 Å². The maximum absolute atomic E-state index is 12.1. The lowest BCUT2D eigenvalue weighted by atomic mass is 9.95. The second-order valence-electron chi connectivity index (χ2n) is 6.17. The van der Waals surface area contributed by atoms with Crippen LogP contribution >= 0.6 is 0 Å². The Labute approximate surface area is 120 Å². The summed E-state index contributed by atoms with van der Waals surface area (Å²) in [5.41, 5.74) is 0. The van der Waals surface area contributed by atoms with Crippen molar-refractivity contribution in [2.24, 2.45) is 17.8 Å². The van der Waals surface area contributed by atoms with E-state index in [0.29, 0.717) is 24.9 Å². The van der Waals surface area contributed by atoms with Crippen molar-refractivity contribution in [2.45, 2.75) is 51.5 Å². The van der Waals surface area contributed by atoms with Gasteiger partial charge in [0.2, 0.25) is 5.91 Å². The van der Waals surface area contributed by atoms with Crippen LogP contribution in [0.2, 0.25) is 0 Å². The van der Waals surface area contributed by atoms with Crippen LogP contribution in [0.3, 0.4) is 0 Å². The van der Waals surface area contributed by atoms with Crippen LogP contribution in [0.5, 0.6) is 0 Å². The molecule has 114 valence electrons. The Morgan fingerprint density at radius 3 is 2.45 bits per heavy atom. The maximum atomic E-state index is 12.1. The number of nitrogens with one attached hydrogen (secondary N) is 2. The molecule has 0 spiro atoms. The molecule has 2 aliphatic carbocycles. The summed E-state index contributed by atoms with van der Waals surface area (Å²) in [5, 5.41) is 15.5. The Bertz CT molecular complexity index is 355. The van der Waals surface area contributed by atoms with E-state index in [1.807, 2.05) is 0 Å². The number of carboxylic acid groups (broad SMARTS) is 1. The first-order valence-electron chi connectivity index (χ1n) is 7.85.